The van der Waals surface area contributed by atoms with Crippen LogP contribution in [0.15, 0.2) is 48.5 Å². The van der Waals surface area contributed by atoms with Gasteiger partial charge in [-0.15, -0.1) is 0 Å². The van der Waals surface area contributed by atoms with Gasteiger partial charge in [0.2, 0.25) is 10.0 Å². The molecule has 2 atom stereocenters. The van der Waals surface area contributed by atoms with Gasteiger partial charge in [0.25, 0.3) is 0 Å². The molecule has 0 saturated carbocycles. The topological polar surface area (TPSA) is 78.5 Å². The van der Waals surface area contributed by atoms with Gasteiger partial charge in [0.15, 0.2) is 0 Å². The van der Waals surface area contributed by atoms with Gasteiger partial charge in [0.05, 0.1) is 12.3 Å². The van der Waals surface area contributed by atoms with E-state index in [1.165, 1.54) is 22.9 Å². The van der Waals surface area contributed by atoms with Crippen LogP contribution < -0.4 is 10.0 Å². The maximum absolute atomic E-state index is 13.0. The van der Waals surface area contributed by atoms with Crippen LogP contribution >= 0.6 is 0 Å². The first-order valence-electron chi connectivity index (χ1n) is 11.6. The van der Waals surface area contributed by atoms with Crippen molar-refractivity contribution in [2.75, 3.05) is 19.3 Å². The second-order valence-corrected chi connectivity index (χ2v) is 10.8. The van der Waals surface area contributed by atoms with Gasteiger partial charge in [-0.05, 0) is 60.8 Å². The molecule has 0 aliphatic carbocycles. The van der Waals surface area contributed by atoms with E-state index in [0.717, 1.165) is 44.1 Å². The Labute approximate surface area is 191 Å². The Hall–Kier alpha value is -2.38. The molecule has 1 fully saturated rings. The molecule has 32 heavy (non-hydrogen) atoms. The number of carbonyl (C=O) groups is 1. The lowest BCUT2D eigenvalue weighted by atomic mass is 9.89. The zero-order valence-corrected chi connectivity index (χ0v) is 19.5. The number of hydrogen-bond acceptors (Lipinski definition) is 3. The third-order valence-corrected chi connectivity index (χ3v) is 7.24. The number of urea groups is 1. The quantitative estimate of drug-likeness (QED) is 0.725. The summed E-state index contributed by atoms with van der Waals surface area (Å²) in [7, 11) is -3.38. The molecular weight excluding hydrogens is 422 g/mol. The molecule has 2 unspecified atom stereocenters. The van der Waals surface area contributed by atoms with Gasteiger partial charge >= 0.3 is 6.03 Å². The zero-order chi connectivity index (χ0) is 22.6. The van der Waals surface area contributed by atoms with Gasteiger partial charge in [-0.3, -0.25) is 0 Å². The first kappa shape index (κ1) is 22.8. The molecule has 4 rings (SSSR count). The van der Waals surface area contributed by atoms with Crippen molar-refractivity contribution in [1.29, 1.82) is 0 Å². The van der Waals surface area contributed by atoms with E-state index >= 15 is 0 Å². The van der Waals surface area contributed by atoms with E-state index in [2.05, 4.69) is 58.6 Å². The van der Waals surface area contributed by atoms with Crippen molar-refractivity contribution in [2.24, 2.45) is 0 Å². The van der Waals surface area contributed by atoms with Crippen LogP contribution in [0.5, 0.6) is 0 Å². The summed E-state index contributed by atoms with van der Waals surface area (Å²) < 4.78 is 26.9. The first-order valence-corrected chi connectivity index (χ1v) is 13.5. The Morgan fingerprint density at radius 3 is 2.72 bits per heavy atom. The molecule has 0 aromatic heterocycles. The predicted octanol–water partition coefficient (Wildman–Crippen LogP) is 3.71. The Bertz CT molecular complexity index is 1050. The molecule has 0 radical (unpaired) electrons. The van der Waals surface area contributed by atoms with E-state index in [0.29, 0.717) is 19.5 Å². The number of nitrogens with zero attached hydrogens (tertiary/aromatic N) is 1. The minimum atomic E-state index is -3.38. The number of hydrogen-bond donors (Lipinski definition) is 2. The largest absolute Gasteiger partial charge is 0.338 e. The van der Waals surface area contributed by atoms with Crippen molar-refractivity contribution in [2.45, 2.75) is 57.0 Å². The molecule has 2 heterocycles. The molecule has 2 aliphatic heterocycles. The summed E-state index contributed by atoms with van der Waals surface area (Å²) in [5.41, 5.74) is 4.88. The third-order valence-electron chi connectivity index (χ3n) is 6.50. The molecule has 2 aromatic rings. The van der Waals surface area contributed by atoms with Crippen LogP contribution in [0.4, 0.5) is 4.79 Å². The van der Waals surface area contributed by atoms with Gasteiger partial charge in [-0.2, -0.15) is 0 Å². The van der Waals surface area contributed by atoms with Gasteiger partial charge < -0.3 is 10.2 Å². The van der Waals surface area contributed by atoms with E-state index < -0.39 is 10.0 Å². The van der Waals surface area contributed by atoms with Crippen LogP contribution in [0.25, 0.3) is 11.1 Å². The molecular formula is C25H33N3O3S. The fourth-order valence-corrected chi connectivity index (χ4v) is 5.84. The Morgan fingerprint density at radius 1 is 1.03 bits per heavy atom. The van der Waals surface area contributed by atoms with Crippen LogP contribution in [0.2, 0.25) is 0 Å². The van der Waals surface area contributed by atoms with Crippen LogP contribution in [-0.4, -0.2) is 50.8 Å². The zero-order valence-electron chi connectivity index (χ0n) is 18.7. The van der Waals surface area contributed by atoms with E-state index in [1.807, 2.05) is 4.90 Å². The van der Waals surface area contributed by atoms with Gasteiger partial charge in [0, 0.05) is 19.1 Å². The van der Waals surface area contributed by atoms with Crippen molar-refractivity contribution in [1.82, 2.24) is 14.9 Å². The standard InChI is InChI=1S/C25H33N3O3S/c1-32(30,31)27-23-14-8-16-28-24(23)18-19-9-7-12-21(17-19)22-13-5-4-11-20(22)10-3-2-6-15-26-25(28)29/h4-5,7,9,11-13,17,23-24,27H,2-3,6,8,10,14-16,18H2,1H3,(H,26,29). The molecule has 6 nitrogen and oxygen atoms in total. The lowest BCUT2D eigenvalue weighted by Crippen LogP contribution is -2.59. The number of piperidine rings is 1. The van der Waals surface area contributed by atoms with Crippen molar-refractivity contribution in [3.63, 3.8) is 0 Å². The minimum Gasteiger partial charge on any atom is -0.338 e. The number of rotatable bonds is 2. The Balaban J connectivity index is 1.71. The van der Waals surface area contributed by atoms with Gasteiger partial charge in [-0.25, -0.2) is 17.9 Å². The Kier molecular flexibility index (Phi) is 7.16. The molecule has 2 aromatic carbocycles. The number of amides is 2. The average Bonchev–Trinajstić information content (AvgIpc) is 2.76. The summed E-state index contributed by atoms with van der Waals surface area (Å²) in [5.74, 6) is 0. The summed E-state index contributed by atoms with van der Waals surface area (Å²) in [4.78, 5) is 14.9. The molecule has 7 heteroatoms. The maximum atomic E-state index is 13.0. The van der Waals surface area contributed by atoms with E-state index in [4.69, 9.17) is 0 Å². The summed E-state index contributed by atoms with van der Waals surface area (Å²) in [6.07, 6.45) is 7.39. The van der Waals surface area contributed by atoms with E-state index in [1.54, 1.807) is 0 Å². The van der Waals surface area contributed by atoms with Crippen LogP contribution in [0.3, 0.4) is 0 Å². The third kappa shape index (κ3) is 5.70. The highest BCUT2D eigenvalue weighted by atomic mass is 32.2. The SMILES string of the molecule is CS(=O)(=O)NC1CCCN2C(=O)NCCCCCc3ccccc3-c3cccc(c3)CC12. The number of fused-ring (bicyclic) bond motifs is 5. The fourth-order valence-electron chi connectivity index (χ4n) is 5.02. The number of nitrogens with one attached hydrogen (secondary N) is 2. The predicted molar refractivity (Wildman–Crippen MR) is 128 cm³/mol. The van der Waals surface area contributed by atoms with E-state index in [-0.39, 0.29) is 18.1 Å². The summed E-state index contributed by atoms with van der Waals surface area (Å²) in [6, 6.07) is 16.4. The molecule has 2 aliphatic rings. The van der Waals surface area contributed by atoms with Crippen molar-refractivity contribution < 1.29 is 13.2 Å². The van der Waals surface area contributed by atoms with Crippen molar-refractivity contribution >= 4 is 16.1 Å². The molecule has 172 valence electrons. The van der Waals surface area contributed by atoms with Crippen molar-refractivity contribution in [3.05, 3.63) is 59.7 Å². The summed E-state index contributed by atoms with van der Waals surface area (Å²) >= 11 is 0. The number of aryl methyl sites for hydroxylation is 1. The normalized spacial score (nSPS) is 22.7. The van der Waals surface area contributed by atoms with Crippen LogP contribution in [-0.2, 0) is 22.9 Å². The number of carbonyl (C=O) groups excluding carboxylic acids is 1. The molecule has 2 bridgehead atoms. The summed E-state index contributed by atoms with van der Waals surface area (Å²) in [5, 5.41) is 3.07. The highest BCUT2D eigenvalue weighted by molar-refractivity contribution is 7.88. The monoisotopic (exact) mass is 455 g/mol. The van der Waals surface area contributed by atoms with Crippen molar-refractivity contribution in [3.8, 4) is 11.1 Å². The number of benzene rings is 2. The molecule has 2 N–H and O–H groups in total. The summed E-state index contributed by atoms with van der Waals surface area (Å²) in [6.45, 7) is 1.28. The Morgan fingerprint density at radius 2 is 1.88 bits per heavy atom. The molecule has 0 spiro atoms. The number of sulfonamides is 1. The second kappa shape index (κ2) is 10.0. The lowest BCUT2D eigenvalue weighted by molar-refractivity contribution is 0.133. The second-order valence-electron chi connectivity index (χ2n) is 9.00. The van der Waals surface area contributed by atoms with E-state index in [9.17, 15) is 13.2 Å². The van der Waals surface area contributed by atoms with Crippen LogP contribution in [0, 0.1) is 0 Å². The first-order chi connectivity index (χ1) is 15.4. The van der Waals surface area contributed by atoms with Gasteiger partial charge in [0.1, 0.15) is 0 Å². The smallest absolute Gasteiger partial charge is 0.317 e. The maximum Gasteiger partial charge on any atom is 0.317 e. The highest BCUT2D eigenvalue weighted by Crippen LogP contribution is 2.28. The fraction of sp³-hybridized carbons (Fsp3) is 0.480. The average molecular weight is 456 g/mol. The molecule has 1 saturated heterocycles. The van der Waals surface area contributed by atoms with Crippen LogP contribution in [0.1, 0.15) is 43.2 Å². The minimum absolute atomic E-state index is 0.0932. The van der Waals surface area contributed by atoms with Gasteiger partial charge in [-0.1, -0.05) is 55.0 Å². The molecule has 2 amide bonds. The highest BCUT2D eigenvalue weighted by Gasteiger charge is 2.35. The lowest BCUT2D eigenvalue weighted by Gasteiger charge is -2.41.